The molecule has 2 aromatic rings. The predicted octanol–water partition coefficient (Wildman–Crippen LogP) is 1.61. The van der Waals surface area contributed by atoms with Gasteiger partial charge in [0, 0.05) is 37.9 Å². The molecular formula is C13H18N4. The van der Waals surface area contributed by atoms with Gasteiger partial charge in [-0.2, -0.15) is 0 Å². The summed E-state index contributed by atoms with van der Waals surface area (Å²) in [6.45, 7) is 0.823. The van der Waals surface area contributed by atoms with Gasteiger partial charge in [0.1, 0.15) is 5.82 Å². The van der Waals surface area contributed by atoms with Crippen molar-refractivity contribution in [2.75, 3.05) is 0 Å². The summed E-state index contributed by atoms with van der Waals surface area (Å²) in [5.74, 6) is 1.07. The molecule has 2 heterocycles. The molecule has 0 radical (unpaired) electrons. The van der Waals surface area contributed by atoms with Gasteiger partial charge in [0.15, 0.2) is 0 Å². The Kier molecular flexibility index (Phi) is 2.52. The lowest BCUT2D eigenvalue weighted by molar-refractivity contribution is 0.573. The van der Waals surface area contributed by atoms with Crippen LogP contribution in [0, 0.1) is 0 Å². The first kappa shape index (κ1) is 10.6. The van der Waals surface area contributed by atoms with Crippen molar-refractivity contribution in [1.82, 2.24) is 14.1 Å². The summed E-state index contributed by atoms with van der Waals surface area (Å²) < 4.78 is 4.26. The fourth-order valence-corrected chi connectivity index (χ4v) is 2.59. The van der Waals surface area contributed by atoms with E-state index in [9.17, 15) is 0 Å². The molecule has 4 nitrogen and oxygen atoms in total. The third-order valence-electron chi connectivity index (χ3n) is 3.60. The van der Waals surface area contributed by atoms with Crippen molar-refractivity contribution in [2.45, 2.75) is 31.8 Å². The van der Waals surface area contributed by atoms with E-state index in [0.717, 1.165) is 25.2 Å². The van der Waals surface area contributed by atoms with Crippen molar-refractivity contribution in [3.05, 3.63) is 41.7 Å². The average molecular weight is 230 g/mol. The summed E-state index contributed by atoms with van der Waals surface area (Å²) >= 11 is 0. The lowest BCUT2D eigenvalue weighted by Crippen LogP contribution is -2.15. The number of imidazole rings is 1. The number of nitrogens with zero attached hydrogens (tertiary/aromatic N) is 3. The molecule has 0 spiro atoms. The second-order valence-electron chi connectivity index (χ2n) is 4.86. The van der Waals surface area contributed by atoms with Gasteiger partial charge in [-0.3, -0.25) is 0 Å². The third kappa shape index (κ3) is 1.89. The first-order valence-corrected chi connectivity index (χ1v) is 6.14. The minimum Gasteiger partial charge on any atom is -0.346 e. The van der Waals surface area contributed by atoms with E-state index in [-0.39, 0.29) is 6.04 Å². The van der Waals surface area contributed by atoms with Crippen LogP contribution in [-0.4, -0.2) is 14.1 Å². The summed E-state index contributed by atoms with van der Waals surface area (Å²) in [6, 6.07) is 0.223. The standard InChI is InChI=1S/C13H18N4/c1-16-6-5-15-13(16)9-17-7-10-3-2-4-12(14)11(10)8-17/h5-8,12H,2-4,9,14H2,1H3. The first-order valence-electron chi connectivity index (χ1n) is 6.14. The molecule has 2 aromatic heterocycles. The zero-order chi connectivity index (χ0) is 11.8. The minimum atomic E-state index is 0.223. The van der Waals surface area contributed by atoms with E-state index in [0.29, 0.717) is 0 Å². The smallest absolute Gasteiger partial charge is 0.128 e. The number of rotatable bonds is 2. The number of aryl methyl sites for hydroxylation is 2. The maximum atomic E-state index is 6.13. The lowest BCUT2D eigenvalue weighted by atomic mass is 9.92. The molecule has 1 atom stereocenters. The molecule has 2 N–H and O–H groups in total. The molecule has 0 aliphatic heterocycles. The molecular weight excluding hydrogens is 212 g/mol. The van der Waals surface area contributed by atoms with E-state index < -0.39 is 0 Å². The second-order valence-corrected chi connectivity index (χ2v) is 4.86. The summed E-state index contributed by atoms with van der Waals surface area (Å²) in [5, 5.41) is 0. The predicted molar refractivity (Wildman–Crippen MR) is 66.6 cm³/mol. The first-order chi connectivity index (χ1) is 8.24. The van der Waals surface area contributed by atoms with Gasteiger partial charge in [-0.05, 0) is 30.4 Å². The monoisotopic (exact) mass is 230 g/mol. The largest absolute Gasteiger partial charge is 0.346 e. The highest BCUT2D eigenvalue weighted by atomic mass is 15.1. The van der Waals surface area contributed by atoms with Crippen molar-refractivity contribution < 1.29 is 0 Å². The fraction of sp³-hybridized carbons (Fsp3) is 0.462. The summed E-state index contributed by atoms with van der Waals surface area (Å²) in [7, 11) is 2.03. The molecule has 0 saturated carbocycles. The lowest BCUT2D eigenvalue weighted by Gasteiger charge is -2.17. The molecule has 3 rings (SSSR count). The van der Waals surface area contributed by atoms with Crippen LogP contribution in [-0.2, 0) is 20.0 Å². The Hall–Kier alpha value is -1.55. The van der Waals surface area contributed by atoms with Gasteiger partial charge in [0.05, 0.1) is 6.54 Å². The van der Waals surface area contributed by atoms with Crippen LogP contribution in [0.4, 0.5) is 0 Å². The quantitative estimate of drug-likeness (QED) is 0.852. The third-order valence-corrected chi connectivity index (χ3v) is 3.60. The van der Waals surface area contributed by atoms with Crippen molar-refractivity contribution in [3.63, 3.8) is 0 Å². The summed E-state index contributed by atoms with van der Waals surface area (Å²) in [4.78, 5) is 4.35. The van der Waals surface area contributed by atoms with Crippen molar-refractivity contribution in [2.24, 2.45) is 12.8 Å². The van der Waals surface area contributed by atoms with E-state index >= 15 is 0 Å². The zero-order valence-corrected chi connectivity index (χ0v) is 10.1. The van der Waals surface area contributed by atoms with Crippen LogP contribution in [0.15, 0.2) is 24.8 Å². The summed E-state index contributed by atoms with van der Waals surface area (Å²) in [6.07, 6.45) is 11.7. The van der Waals surface area contributed by atoms with Gasteiger partial charge in [-0.1, -0.05) is 0 Å². The number of hydrogen-bond acceptors (Lipinski definition) is 2. The second kappa shape index (κ2) is 4.04. The molecule has 1 aliphatic carbocycles. The van der Waals surface area contributed by atoms with Crippen LogP contribution < -0.4 is 5.73 Å². The van der Waals surface area contributed by atoms with Gasteiger partial charge in [-0.25, -0.2) is 4.98 Å². The van der Waals surface area contributed by atoms with Crippen molar-refractivity contribution in [3.8, 4) is 0 Å². The van der Waals surface area contributed by atoms with Crippen LogP contribution in [0.2, 0.25) is 0 Å². The highest BCUT2D eigenvalue weighted by molar-refractivity contribution is 5.30. The van der Waals surface area contributed by atoms with E-state index in [2.05, 4.69) is 26.5 Å². The molecule has 1 unspecified atom stereocenters. The van der Waals surface area contributed by atoms with Crippen molar-refractivity contribution >= 4 is 0 Å². The molecule has 90 valence electrons. The molecule has 0 aromatic carbocycles. The number of hydrogen-bond donors (Lipinski definition) is 1. The molecule has 0 amide bonds. The average Bonchev–Trinajstić information content (AvgIpc) is 2.87. The van der Waals surface area contributed by atoms with Crippen LogP contribution >= 0.6 is 0 Å². The SMILES string of the molecule is Cn1ccnc1Cn1cc2c(c1)C(N)CCC2. The topological polar surface area (TPSA) is 48.8 Å². The maximum Gasteiger partial charge on any atom is 0.128 e. The van der Waals surface area contributed by atoms with Gasteiger partial charge in [-0.15, -0.1) is 0 Å². The van der Waals surface area contributed by atoms with Gasteiger partial charge < -0.3 is 14.9 Å². The zero-order valence-electron chi connectivity index (χ0n) is 10.1. The number of nitrogens with two attached hydrogens (primary N) is 1. The Morgan fingerprint density at radius 1 is 1.47 bits per heavy atom. The molecule has 0 fully saturated rings. The van der Waals surface area contributed by atoms with Gasteiger partial charge in [0.2, 0.25) is 0 Å². The Balaban J connectivity index is 1.88. The van der Waals surface area contributed by atoms with Crippen molar-refractivity contribution in [1.29, 1.82) is 0 Å². The number of fused-ring (bicyclic) bond motifs is 1. The fourth-order valence-electron chi connectivity index (χ4n) is 2.59. The van der Waals surface area contributed by atoms with E-state index in [4.69, 9.17) is 5.73 Å². The Bertz CT molecular complexity index is 523. The van der Waals surface area contributed by atoms with Gasteiger partial charge in [0.25, 0.3) is 0 Å². The minimum absolute atomic E-state index is 0.223. The highest BCUT2D eigenvalue weighted by Gasteiger charge is 2.18. The van der Waals surface area contributed by atoms with Crippen LogP contribution in [0.5, 0.6) is 0 Å². The van der Waals surface area contributed by atoms with E-state index in [1.807, 2.05) is 19.4 Å². The molecule has 17 heavy (non-hydrogen) atoms. The van der Waals surface area contributed by atoms with E-state index in [1.165, 1.54) is 17.5 Å². The Morgan fingerprint density at radius 3 is 3.06 bits per heavy atom. The molecule has 1 aliphatic rings. The van der Waals surface area contributed by atoms with Gasteiger partial charge >= 0.3 is 0 Å². The number of aromatic nitrogens is 3. The maximum absolute atomic E-state index is 6.13. The summed E-state index contributed by atoms with van der Waals surface area (Å²) in [5.41, 5.74) is 8.87. The van der Waals surface area contributed by atoms with Crippen LogP contribution in [0.1, 0.15) is 35.8 Å². The molecule has 4 heteroatoms. The van der Waals surface area contributed by atoms with Crippen LogP contribution in [0.25, 0.3) is 0 Å². The highest BCUT2D eigenvalue weighted by Crippen LogP contribution is 2.28. The molecule has 0 bridgehead atoms. The molecule has 0 saturated heterocycles. The van der Waals surface area contributed by atoms with Crippen LogP contribution in [0.3, 0.4) is 0 Å². The normalized spacial score (nSPS) is 19.3. The van der Waals surface area contributed by atoms with E-state index in [1.54, 1.807) is 0 Å². The Labute approximate surface area is 101 Å². The Morgan fingerprint density at radius 2 is 2.35 bits per heavy atom.